The van der Waals surface area contributed by atoms with Crippen molar-refractivity contribution < 1.29 is 18.0 Å². The molecule has 0 spiro atoms. The van der Waals surface area contributed by atoms with Gasteiger partial charge < -0.3 is 0 Å². The minimum absolute atomic E-state index is 0.0183. The summed E-state index contributed by atoms with van der Waals surface area (Å²) in [6.07, 6.45) is -3.20. The third-order valence-corrected chi connectivity index (χ3v) is 5.16. The van der Waals surface area contributed by atoms with Gasteiger partial charge in [0.05, 0.1) is 23.3 Å². The van der Waals surface area contributed by atoms with Crippen molar-refractivity contribution in [2.45, 2.75) is 32.6 Å². The van der Waals surface area contributed by atoms with Crippen molar-refractivity contribution in [1.29, 1.82) is 0 Å². The van der Waals surface area contributed by atoms with Gasteiger partial charge in [0.1, 0.15) is 6.33 Å². The monoisotopic (exact) mass is 490 g/mol. The van der Waals surface area contributed by atoms with Crippen LogP contribution in [0.25, 0.3) is 0 Å². The zero-order valence-electron chi connectivity index (χ0n) is 15.0. The van der Waals surface area contributed by atoms with Crippen LogP contribution >= 0.6 is 27.5 Å². The predicted molar refractivity (Wildman–Crippen MR) is 103 cm³/mol. The van der Waals surface area contributed by atoms with Crippen molar-refractivity contribution >= 4 is 39.4 Å². The van der Waals surface area contributed by atoms with Crippen LogP contribution in [0.15, 0.2) is 35.1 Å². The first-order valence-electron chi connectivity index (χ1n) is 8.37. The molecule has 3 aromatic rings. The number of benzene rings is 1. The quantitative estimate of drug-likeness (QED) is 0.558. The van der Waals surface area contributed by atoms with Crippen LogP contribution in [-0.2, 0) is 24.1 Å². The average molecular weight is 492 g/mol. The van der Waals surface area contributed by atoms with Gasteiger partial charge in [0.25, 0.3) is 0 Å². The van der Waals surface area contributed by atoms with Crippen molar-refractivity contribution in [3.63, 3.8) is 0 Å². The lowest BCUT2D eigenvalue weighted by Gasteiger charge is -2.05. The molecule has 2 aromatic heterocycles. The van der Waals surface area contributed by atoms with Gasteiger partial charge in [-0.1, -0.05) is 23.7 Å². The topological polar surface area (TPSA) is 77.6 Å². The highest BCUT2D eigenvalue weighted by atomic mass is 79.9. The van der Waals surface area contributed by atoms with Gasteiger partial charge in [-0.25, -0.2) is 9.67 Å². The molecule has 2 heterocycles. The largest absolute Gasteiger partial charge is 0.436 e. The normalized spacial score (nSPS) is 11.7. The Bertz CT molecular complexity index is 1030. The predicted octanol–water partition coefficient (Wildman–Crippen LogP) is 4.29. The molecule has 0 fully saturated rings. The van der Waals surface area contributed by atoms with Gasteiger partial charge in [0, 0.05) is 11.4 Å². The SMILES string of the molecule is Cc1c(Br)c(C(F)(F)F)nn1CCC(=O)Nc1ncn(Cc2cccc(Cl)c2)n1. The van der Waals surface area contributed by atoms with Gasteiger partial charge in [-0.2, -0.15) is 18.3 Å². The highest BCUT2D eigenvalue weighted by molar-refractivity contribution is 9.10. The fourth-order valence-electron chi connectivity index (χ4n) is 2.57. The zero-order valence-corrected chi connectivity index (χ0v) is 17.4. The summed E-state index contributed by atoms with van der Waals surface area (Å²) in [5, 5.41) is 10.8. The first-order chi connectivity index (χ1) is 13.6. The molecule has 29 heavy (non-hydrogen) atoms. The van der Waals surface area contributed by atoms with E-state index in [9.17, 15) is 18.0 Å². The number of carbonyl (C=O) groups excluding carboxylic acids is 1. The average Bonchev–Trinajstić information content (AvgIpc) is 3.18. The summed E-state index contributed by atoms with van der Waals surface area (Å²) in [5.41, 5.74) is 0.186. The molecule has 0 saturated heterocycles. The standard InChI is InChI=1S/C17H15BrClF3N6O/c1-10-14(18)15(17(20,21)22)25-28(10)6-5-13(29)24-16-23-9-27(26-16)8-11-3-2-4-12(19)7-11/h2-4,7,9H,5-6,8H2,1H3,(H,24,26,29). The maximum absolute atomic E-state index is 12.9. The first kappa shape index (κ1) is 21.3. The van der Waals surface area contributed by atoms with Gasteiger partial charge in [-0.05, 0) is 40.5 Å². The molecular weight excluding hydrogens is 477 g/mol. The number of halogens is 5. The van der Waals surface area contributed by atoms with E-state index in [1.165, 1.54) is 17.9 Å². The molecular formula is C17H15BrClF3N6O. The van der Waals surface area contributed by atoms with E-state index in [4.69, 9.17) is 11.6 Å². The Balaban J connectivity index is 1.57. The Labute approximate surface area is 177 Å². The van der Waals surface area contributed by atoms with Crippen LogP contribution in [0.2, 0.25) is 5.02 Å². The number of hydrogen-bond donors (Lipinski definition) is 1. The molecule has 1 amide bonds. The molecule has 0 bridgehead atoms. The minimum Gasteiger partial charge on any atom is -0.293 e. The van der Waals surface area contributed by atoms with E-state index in [0.717, 1.165) is 10.2 Å². The van der Waals surface area contributed by atoms with Crippen LogP contribution in [0.4, 0.5) is 19.1 Å². The summed E-state index contributed by atoms with van der Waals surface area (Å²) in [5.74, 6) is -0.337. The molecule has 1 N–H and O–H groups in total. The van der Waals surface area contributed by atoms with Crippen molar-refractivity contribution in [3.05, 3.63) is 57.0 Å². The molecule has 0 aliphatic rings. The van der Waals surface area contributed by atoms with Crippen molar-refractivity contribution in [1.82, 2.24) is 24.5 Å². The summed E-state index contributed by atoms with van der Waals surface area (Å²) in [6, 6.07) is 7.25. The maximum Gasteiger partial charge on any atom is 0.436 e. The van der Waals surface area contributed by atoms with Crippen LogP contribution < -0.4 is 5.32 Å². The van der Waals surface area contributed by atoms with Gasteiger partial charge in [-0.3, -0.25) is 14.8 Å². The number of rotatable bonds is 6. The first-order valence-corrected chi connectivity index (χ1v) is 9.54. The number of alkyl halides is 3. The summed E-state index contributed by atoms with van der Waals surface area (Å²) in [6.45, 7) is 1.89. The van der Waals surface area contributed by atoms with E-state index in [-0.39, 0.29) is 29.1 Å². The molecule has 0 unspecified atom stereocenters. The molecule has 0 atom stereocenters. The van der Waals surface area contributed by atoms with Gasteiger partial charge in [0.15, 0.2) is 5.69 Å². The highest BCUT2D eigenvalue weighted by Crippen LogP contribution is 2.35. The lowest BCUT2D eigenvalue weighted by Crippen LogP contribution is -2.17. The zero-order chi connectivity index (χ0) is 21.2. The summed E-state index contributed by atoms with van der Waals surface area (Å²) >= 11 is 8.84. The maximum atomic E-state index is 12.9. The lowest BCUT2D eigenvalue weighted by atomic mass is 10.2. The molecule has 1 aromatic carbocycles. The third kappa shape index (κ3) is 5.36. The van der Waals surface area contributed by atoms with Crippen LogP contribution in [-0.4, -0.2) is 30.5 Å². The second-order valence-corrected chi connectivity index (χ2v) is 7.39. The number of anilines is 1. The number of amides is 1. The Kier molecular flexibility index (Phi) is 6.27. The number of nitrogens with zero attached hydrogens (tertiary/aromatic N) is 5. The minimum atomic E-state index is -4.57. The third-order valence-electron chi connectivity index (χ3n) is 3.97. The summed E-state index contributed by atoms with van der Waals surface area (Å²) < 4.78 is 41.2. The number of aromatic nitrogens is 5. The molecule has 0 aliphatic carbocycles. The number of nitrogens with one attached hydrogen (secondary N) is 1. The van der Waals surface area contributed by atoms with Crippen LogP contribution in [0.5, 0.6) is 0 Å². The van der Waals surface area contributed by atoms with Gasteiger partial charge >= 0.3 is 6.18 Å². The van der Waals surface area contributed by atoms with Crippen LogP contribution in [0.3, 0.4) is 0 Å². The Hall–Kier alpha value is -2.40. The fraction of sp³-hybridized carbons (Fsp3) is 0.294. The van der Waals surface area contributed by atoms with E-state index in [1.807, 2.05) is 12.1 Å². The smallest absolute Gasteiger partial charge is 0.293 e. The number of aryl methyl sites for hydroxylation is 1. The number of hydrogen-bond acceptors (Lipinski definition) is 4. The fourth-order valence-corrected chi connectivity index (χ4v) is 3.29. The molecule has 12 heteroatoms. The van der Waals surface area contributed by atoms with E-state index in [2.05, 4.69) is 36.4 Å². The highest BCUT2D eigenvalue weighted by Gasteiger charge is 2.37. The van der Waals surface area contributed by atoms with E-state index in [1.54, 1.807) is 12.1 Å². The van der Waals surface area contributed by atoms with Crippen molar-refractivity contribution in [2.75, 3.05) is 5.32 Å². The molecule has 7 nitrogen and oxygen atoms in total. The molecule has 0 radical (unpaired) electrons. The second kappa shape index (κ2) is 8.54. The summed E-state index contributed by atoms with van der Waals surface area (Å²) in [4.78, 5) is 16.1. The molecule has 154 valence electrons. The number of carbonyl (C=O) groups is 1. The molecule has 3 rings (SSSR count). The Morgan fingerprint density at radius 2 is 2.07 bits per heavy atom. The van der Waals surface area contributed by atoms with Crippen LogP contribution in [0, 0.1) is 6.92 Å². The van der Waals surface area contributed by atoms with Crippen molar-refractivity contribution in [2.24, 2.45) is 0 Å². The lowest BCUT2D eigenvalue weighted by molar-refractivity contribution is -0.142. The summed E-state index contributed by atoms with van der Waals surface area (Å²) in [7, 11) is 0. The van der Waals surface area contributed by atoms with Crippen molar-refractivity contribution in [3.8, 4) is 0 Å². The second-order valence-electron chi connectivity index (χ2n) is 6.16. The molecule has 0 aliphatic heterocycles. The van der Waals surface area contributed by atoms with Gasteiger partial charge in [-0.15, -0.1) is 5.10 Å². The van der Waals surface area contributed by atoms with E-state index < -0.39 is 17.8 Å². The molecule has 0 saturated carbocycles. The van der Waals surface area contributed by atoms with Gasteiger partial charge in [0.2, 0.25) is 11.9 Å². The Morgan fingerprint density at radius 3 is 2.72 bits per heavy atom. The Morgan fingerprint density at radius 1 is 1.31 bits per heavy atom. The van der Waals surface area contributed by atoms with E-state index in [0.29, 0.717) is 11.6 Å². The van der Waals surface area contributed by atoms with E-state index >= 15 is 0 Å². The van der Waals surface area contributed by atoms with Crippen LogP contribution in [0.1, 0.15) is 23.4 Å².